The van der Waals surface area contributed by atoms with Crippen molar-refractivity contribution in [2.24, 2.45) is 0 Å². The minimum absolute atomic E-state index is 0.155. The van der Waals surface area contributed by atoms with Gasteiger partial charge in [-0.1, -0.05) is 11.6 Å². The number of nitro benzene ring substituents is 1. The van der Waals surface area contributed by atoms with Gasteiger partial charge in [-0.15, -0.1) is 11.3 Å². The maximum Gasteiger partial charge on any atom is 0.272 e. The number of anilines is 1. The molecule has 0 atom stereocenters. The van der Waals surface area contributed by atoms with Crippen LogP contribution < -0.4 is 5.32 Å². The van der Waals surface area contributed by atoms with Gasteiger partial charge in [0.2, 0.25) is 0 Å². The molecule has 0 aliphatic carbocycles. The van der Waals surface area contributed by atoms with Crippen molar-refractivity contribution in [3.8, 4) is 0 Å². The second-order valence-electron chi connectivity index (χ2n) is 4.27. The third-order valence-corrected chi connectivity index (χ3v) is 4.05. The van der Waals surface area contributed by atoms with E-state index < -0.39 is 0 Å². The van der Waals surface area contributed by atoms with E-state index in [0.717, 1.165) is 20.5 Å². The van der Waals surface area contributed by atoms with E-state index in [9.17, 15) is 10.1 Å². The van der Waals surface area contributed by atoms with Gasteiger partial charge in [-0.3, -0.25) is 10.1 Å². The average molecular weight is 297 g/mol. The zero-order chi connectivity index (χ0) is 14.0. The van der Waals surface area contributed by atoms with Crippen LogP contribution in [0.3, 0.4) is 0 Å². The zero-order valence-electron chi connectivity index (χ0n) is 10.6. The second-order valence-corrected chi connectivity index (χ2v) is 6.07. The summed E-state index contributed by atoms with van der Waals surface area (Å²) in [6.07, 6.45) is 0. The molecule has 6 heteroatoms. The molecule has 0 amide bonds. The standard InChI is InChI=1S/C13H13ClN2O2S/c1-8-6-12(16(17)18)9(2)5-11(8)15-7-10-3-4-13(14)19-10/h3-6,15H,7H2,1-2H3. The van der Waals surface area contributed by atoms with Crippen LogP contribution in [0.1, 0.15) is 16.0 Å². The molecule has 0 fully saturated rings. The summed E-state index contributed by atoms with van der Waals surface area (Å²) in [7, 11) is 0. The van der Waals surface area contributed by atoms with Gasteiger partial charge in [-0.05, 0) is 37.6 Å². The molecule has 1 heterocycles. The van der Waals surface area contributed by atoms with Gasteiger partial charge in [-0.25, -0.2) is 0 Å². The number of nitro groups is 1. The summed E-state index contributed by atoms with van der Waals surface area (Å²) in [6.45, 7) is 4.26. The highest BCUT2D eigenvalue weighted by Crippen LogP contribution is 2.27. The summed E-state index contributed by atoms with van der Waals surface area (Å²) in [5, 5.41) is 14.1. The molecule has 4 nitrogen and oxygen atoms in total. The van der Waals surface area contributed by atoms with Gasteiger partial charge in [0.25, 0.3) is 5.69 Å². The first-order valence-electron chi connectivity index (χ1n) is 5.71. The molecule has 0 spiro atoms. The first kappa shape index (κ1) is 13.8. The maximum atomic E-state index is 10.8. The van der Waals surface area contributed by atoms with Gasteiger partial charge >= 0.3 is 0 Å². The summed E-state index contributed by atoms with van der Waals surface area (Å²) in [5.41, 5.74) is 2.58. The van der Waals surface area contributed by atoms with Crippen molar-refractivity contribution in [2.75, 3.05) is 5.32 Å². The smallest absolute Gasteiger partial charge is 0.272 e. The number of halogens is 1. The molecule has 1 N–H and O–H groups in total. The number of hydrogen-bond acceptors (Lipinski definition) is 4. The molecule has 0 saturated carbocycles. The van der Waals surface area contributed by atoms with Gasteiger partial charge in [0.05, 0.1) is 9.26 Å². The minimum Gasteiger partial charge on any atom is -0.380 e. The van der Waals surface area contributed by atoms with Crippen LogP contribution in [0.5, 0.6) is 0 Å². The molecule has 0 saturated heterocycles. The van der Waals surface area contributed by atoms with Gasteiger partial charge < -0.3 is 5.32 Å². The number of hydrogen-bond donors (Lipinski definition) is 1. The summed E-state index contributed by atoms with van der Waals surface area (Å²) < 4.78 is 0.758. The highest BCUT2D eigenvalue weighted by atomic mass is 35.5. The number of rotatable bonds is 4. The molecule has 0 unspecified atom stereocenters. The summed E-state index contributed by atoms with van der Waals surface area (Å²) in [4.78, 5) is 11.6. The summed E-state index contributed by atoms with van der Waals surface area (Å²) >= 11 is 7.39. The zero-order valence-corrected chi connectivity index (χ0v) is 12.1. The Morgan fingerprint density at radius 2 is 2.05 bits per heavy atom. The largest absolute Gasteiger partial charge is 0.380 e. The molecule has 1 aromatic carbocycles. The van der Waals surface area contributed by atoms with Gasteiger partial charge in [0.15, 0.2) is 0 Å². The lowest BCUT2D eigenvalue weighted by Crippen LogP contribution is -2.01. The number of benzene rings is 1. The lowest BCUT2D eigenvalue weighted by molar-refractivity contribution is -0.385. The Bertz CT molecular complexity index is 625. The number of nitrogens with zero attached hydrogens (tertiary/aromatic N) is 1. The fraction of sp³-hybridized carbons (Fsp3) is 0.231. The third-order valence-electron chi connectivity index (χ3n) is 2.82. The first-order valence-corrected chi connectivity index (χ1v) is 6.90. The highest BCUT2D eigenvalue weighted by Gasteiger charge is 2.13. The number of nitrogens with one attached hydrogen (secondary N) is 1. The SMILES string of the molecule is Cc1cc([N+](=O)[O-])c(C)cc1NCc1ccc(Cl)s1. The molecule has 1 aromatic heterocycles. The van der Waals surface area contributed by atoms with Crippen molar-refractivity contribution in [3.63, 3.8) is 0 Å². The molecule has 0 aliphatic heterocycles. The van der Waals surface area contributed by atoms with Crippen molar-refractivity contribution in [1.29, 1.82) is 0 Å². The van der Waals surface area contributed by atoms with Crippen LogP contribution in [0, 0.1) is 24.0 Å². The van der Waals surface area contributed by atoms with E-state index in [1.54, 1.807) is 13.0 Å². The van der Waals surface area contributed by atoms with E-state index in [1.165, 1.54) is 11.3 Å². The molecule has 0 aliphatic rings. The van der Waals surface area contributed by atoms with Crippen molar-refractivity contribution in [3.05, 3.63) is 54.7 Å². The quantitative estimate of drug-likeness (QED) is 0.665. The van der Waals surface area contributed by atoms with E-state index in [-0.39, 0.29) is 10.6 Å². The maximum absolute atomic E-state index is 10.8. The number of aryl methyl sites for hydroxylation is 2. The topological polar surface area (TPSA) is 55.2 Å². The average Bonchev–Trinajstić information content (AvgIpc) is 2.75. The molecule has 0 radical (unpaired) electrons. The Morgan fingerprint density at radius 3 is 2.63 bits per heavy atom. The van der Waals surface area contributed by atoms with Crippen LogP contribution in [0.4, 0.5) is 11.4 Å². The van der Waals surface area contributed by atoms with Crippen LogP contribution >= 0.6 is 22.9 Å². The normalized spacial score (nSPS) is 10.5. The molecular formula is C13H13ClN2O2S. The molecule has 2 rings (SSSR count). The van der Waals surface area contributed by atoms with Crippen molar-refractivity contribution >= 4 is 34.3 Å². The van der Waals surface area contributed by atoms with Crippen LogP contribution in [0.25, 0.3) is 0 Å². The third kappa shape index (κ3) is 3.24. The van der Waals surface area contributed by atoms with Crippen molar-refractivity contribution < 1.29 is 4.92 Å². The monoisotopic (exact) mass is 296 g/mol. The lowest BCUT2D eigenvalue weighted by atomic mass is 10.1. The van der Waals surface area contributed by atoms with E-state index in [0.29, 0.717) is 12.1 Å². The predicted molar refractivity (Wildman–Crippen MR) is 79.2 cm³/mol. The lowest BCUT2D eigenvalue weighted by Gasteiger charge is -2.10. The fourth-order valence-corrected chi connectivity index (χ4v) is 2.84. The van der Waals surface area contributed by atoms with Crippen molar-refractivity contribution in [2.45, 2.75) is 20.4 Å². The molecular weight excluding hydrogens is 284 g/mol. The van der Waals surface area contributed by atoms with Gasteiger partial charge in [0, 0.05) is 28.7 Å². The molecule has 2 aromatic rings. The van der Waals surface area contributed by atoms with Crippen LogP contribution in [-0.2, 0) is 6.54 Å². The number of thiophene rings is 1. The highest BCUT2D eigenvalue weighted by molar-refractivity contribution is 7.16. The fourth-order valence-electron chi connectivity index (χ4n) is 1.82. The van der Waals surface area contributed by atoms with E-state index in [4.69, 9.17) is 11.6 Å². The Balaban J connectivity index is 2.17. The Hall–Kier alpha value is -1.59. The van der Waals surface area contributed by atoms with E-state index in [2.05, 4.69) is 5.32 Å². The summed E-state index contributed by atoms with van der Waals surface area (Å²) in [6, 6.07) is 7.23. The molecule has 0 bridgehead atoms. The van der Waals surface area contributed by atoms with Gasteiger partial charge in [-0.2, -0.15) is 0 Å². The van der Waals surface area contributed by atoms with Crippen LogP contribution in [-0.4, -0.2) is 4.92 Å². The van der Waals surface area contributed by atoms with E-state index >= 15 is 0 Å². The Morgan fingerprint density at radius 1 is 1.32 bits per heavy atom. The van der Waals surface area contributed by atoms with Gasteiger partial charge in [0.1, 0.15) is 0 Å². The minimum atomic E-state index is -0.356. The Kier molecular flexibility index (Phi) is 4.07. The molecule has 100 valence electrons. The predicted octanol–water partition coefficient (Wildman–Crippen LogP) is 4.54. The summed E-state index contributed by atoms with van der Waals surface area (Å²) in [5.74, 6) is 0. The van der Waals surface area contributed by atoms with Crippen LogP contribution in [0.2, 0.25) is 4.34 Å². The van der Waals surface area contributed by atoms with Crippen molar-refractivity contribution in [1.82, 2.24) is 0 Å². The van der Waals surface area contributed by atoms with Crippen LogP contribution in [0.15, 0.2) is 24.3 Å². The van der Waals surface area contributed by atoms with E-state index in [1.807, 2.05) is 25.1 Å². The Labute approximate surface area is 120 Å². The molecule has 19 heavy (non-hydrogen) atoms. The second kappa shape index (κ2) is 5.59. The first-order chi connectivity index (χ1) is 8.97.